The maximum absolute atomic E-state index is 12.2. The number of aromatic hydroxyl groups is 1. The molecule has 2 aromatic carbocycles. The minimum absolute atomic E-state index is 0.0815. The van der Waals surface area contributed by atoms with E-state index in [1.807, 2.05) is 0 Å². The second-order valence-corrected chi connectivity index (χ2v) is 4.70. The van der Waals surface area contributed by atoms with Crippen LogP contribution in [-0.4, -0.2) is 28.1 Å². The fourth-order valence-corrected chi connectivity index (χ4v) is 2.09. The van der Waals surface area contributed by atoms with E-state index in [0.29, 0.717) is 17.0 Å². The SMILES string of the molecule is COc1ccc2nc(NC(=O)c3cc(N)ccc3O)[nH]c2c1. The maximum Gasteiger partial charge on any atom is 0.261 e. The van der Waals surface area contributed by atoms with Crippen LogP contribution in [0, 0.1) is 0 Å². The van der Waals surface area contributed by atoms with Gasteiger partial charge in [0.25, 0.3) is 5.91 Å². The lowest BCUT2D eigenvalue weighted by molar-refractivity contribution is 0.102. The van der Waals surface area contributed by atoms with E-state index in [9.17, 15) is 9.90 Å². The van der Waals surface area contributed by atoms with E-state index in [2.05, 4.69) is 15.3 Å². The monoisotopic (exact) mass is 298 g/mol. The van der Waals surface area contributed by atoms with E-state index in [-0.39, 0.29) is 17.3 Å². The van der Waals surface area contributed by atoms with Gasteiger partial charge in [0, 0.05) is 11.8 Å². The summed E-state index contributed by atoms with van der Waals surface area (Å²) in [4.78, 5) is 19.4. The Morgan fingerprint density at radius 2 is 2.14 bits per heavy atom. The molecule has 0 unspecified atom stereocenters. The summed E-state index contributed by atoms with van der Waals surface area (Å²) in [5.41, 5.74) is 7.51. The Kier molecular flexibility index (Phi) is 3.30. The van der Waals surface area contributed by atoms with Crippen LogP contribution in [0.25, 0.3) is 11.0 Å². The first-order valence-electron chi connectivity index (χ1n) is 6.50. The number of H-pyrrole nitrogens is 1. The van der Waals surface area contributed by atoms with Crippen molar-refractivity contribution in [1.82, 2.24) is 9.97 Å². The summed E-state index contributed by atoms with van der Waals surface area (Å²) in [6, 6.07) is 9.61. The summed E-state index contributed by atoms with van der Waals surface area (Å²) >= 11 is 0. The minimum Gasteiger partial charge on any atom is -0.507 e. The molecule has 0 saturated heterocycles. The normalized spacial score (nSPS) is 10.6. The largest absolute Gasteiger partial charge is 0.507 e. The predicted octanol–water partition coefficient (Wildman–Crippen LogP) is 2.11. The van der Waals surface area contributed by atoms with E-state index < -0.39 is 5.91 Å². The Bertz CT molecular complexity index is 857. The standard InChI is InChI=1S/C15H14N4O3/c1-22-9-3-4-11-12(7-9)18-15(17-11)19-14(21)10-6-8(16)2-5-13(10)20/h2-7,20H,16H2,1H3,(H2,17,18,19,21). The third kappa shape index (κ3) is 2.51. The predicted molar refractivity (Wildman–Crippen MR) is 83.1 cm³/mol. The molecule has 0 aliphatic rings. The molecule has 22 heavy (non-hydrogen) atoms. The molecule has 7 nitrogen and oxygen atoms in total. The fourth-order valence-electron chi connectivity index (χ4n) is 2.09. The lowest BCUT2D eigenvalue weighted by Crippen LogP contribution is -2.13. The Morgan fingerprint density at radius 3 is 2.91 bits per heavy atom. The van der Waals surface area contributed by atoms with Crippen LogP contribution in [-0.2, 0) is 0 Å². The number of amides is 1. The van der Waals surface area contributed by atoms with Gasteiger partial charge in [0.1, 0.15) is 11.5 Å². The summed E-state index contributed by atoms with van der Waals surface area (Å²) in [7, 11) is 1.57. The highest BCUT2D eigenvalue weighted by Gasteiger charge is 2.14. The number of aromatic amines is 1. The quantitative estimate of drug-likeness (QED) is 0.437. The van der Waals surface area contributed by atoms with Gasteiger partial charge in [-0.25, -0.2) is 4.98 Å². The number of hydrogen-bond acceptors (Lipinski definition) is 5. The number of imidazole rings is 1. The first-order valence-corrected chi connectivity index (χ1v) is 6.50. The average Bonchev–Trinajstić information content (AvgIpc) is 2.90. The number of nitrogen functional groups attached to an aromatic ring is 1. The van der Waals surface area contributed by atoms with Gasteiger partial charge in [0.15, 0.2) is 0 Å². The molecular weight excluding hydrogens is 284 g/mol. The van der Waals surface area contributed by atoms with Gasteiger partial charge in [0.05, 0.1) is 23.7 Å². The number of benzene rings is 2. The van der Waals surface area contributed by atoms with Crippen molar-refractivity contribution in [2.45, 2.75) is 0 Å². The molecule has 0 fully saturated rings. The highest BCUT2D eigenvalue weighted by Crippen LogP contribution is 2.23. The van der Waals surface area contributed by atoms with Gasteiger partial charge in [-0.2, -0.15) is 0 Å². The molecule has 7 heteroatoms. The number of rotatable bonds is 3. The van der Waals surface area contributed by atoms with Gasteiger partial charge in [-0.05, 0) is 30.3 Å². The zero-order valence-corrected chi connectivity index (χ0v) is 11.8. The van der Waals surface area contributed by atoms with Gasteiger partial charge >= 0.3 is 0 Å². The van der Waals surface area contributed by atoms with Crippen LogP contribution >= 0.6 is 0 Å². The number of phenolic OH excluding ortho intramolecular Hbond substituents is 1. The van der Waals surface area contributed by atoms with Crippen LogP contribution in [0.4, 0.5) is 11.6 Å². The Morgan fingerprint density at radius 1 is 1.32 bits per heavy atom. The molecule has 0 bridgehead atoms. The van der Waals surface area contributed by atoms with Crippen molar-refractivity contribution in [2.75, 3.05) is 18.2 Å². The number of fused-ring (bicyclic) bond motifs is 1. The second-order valence-electron chi connectivity index (χ2n) is 4.70. The number of nitrogens with one attached hydrogen (secondary N) is 2. The number of carbonyl (C=O) groups is 1. The zero-order valence-electron chi connectivity index (χ0n) is 11.8. The molecule has 112 valence electrons. The zero-order chi connectivity index (χ0) is 15.7. The van der Waals surface area contributed by atoms with Crippen LogP contribution in [0.3, 0.4) is 0 Å². The smallest absolute Gasteiger partial charge is 0.261 e. The lowest BCUT2D eigenvalue weighted by Gasteiger charge is -2.05. The van der Waals surface area contributed by atoms with Gasteiger partial charge in [-0.1, -0.05) is 0 Å². The van der Waals surface area contributed by atoms with Gasteiger partial charge < -0.3 is 20.6 Å². The molecule has 0 atom stereocenters. The van der Waals surface area contributed by atoms with E-state index in [1.165, 1.54) is 18.2 Å². The van der Waals surface area contributed by atoms with Gasteiger partial charge in [0.2, 0.25) is 5.95 Å². The number of methoxy groups -OCH3 is 1. The molecule has 0 aliphatic heterocycles. The summed E-state index contributed by atoms with van der Waals surface area (Å²) in [6.45, 7) is 0. The molecule has 3 aromatic rings. The third-order valence-corrected chi connectivity index (χ3v) is 3.19. The summed E-state index contributed by atoms with van der Waals surface area (Å²) in [5.74, 6) is 0.304. The number of aromatic nitrogens is 2. The molecule has 1 amide bonds. The first kappa shape index (κ1) is 13.7. The van der Waals surface area contributed by atoms with E-state index in [0.717, 1.165) is 5.52 Å². The number of nitrogens with zero attached hydrogens (tertiary/aromatic N) is 1. The molecule has 3 rings (SSSR count). The van der Waals surface area contributed by atoms with Crippen LogP contribution in [0.2, 0.25) is 0 Å². The number of carbonyl (C=O) groups excluding carboxylic acids is 1. The summed E-state index contributed by atoms with van der Waals surface area (Å²) in [6.07, 6.45) is 0. The van der Waals surface area contributed by atoms with E-state index in [1.54, 1.807) is 25.3 Å². The third-order valence-electron chi connectivity index (χ3n) is 3.19. The van der Waals surface area contributed by atoms with E-state index in [4.69, 9.17) is 10.5 Å². The topological polar surface area (TPSA) is 113 Å². The molecule has 0 spiro atoms. The number of phenols is 1. The second kappa shape index (κ2) is 5.28. The van der Waals surface area contributed by atoms with E-state index >= 15 is 0 Å². The number of ether oxygens (including phenoxy) is 1. The van der Waals surface area contributed by atoms with Crippen molar-refractivity contribution >= 4 is 28.6 Å². The highest BCUT2D eigenvalue weighted by atomic mass is 16.5. The first-order chi connectivity index (χ1) is 10.6. The number of hydrogen-bond donors (Lipinski definition) is 4. The van der Waals surface area contributed by atoms with Crippen LogP contribution < -0.4 is 15.8 Å². The van der Waals surface area contributed by atoms with Crippen molar-refractivity contribution in [1.29, 1.82) is 0 Å². The number of anilines is 2. The Balaban J connectivity index is 1.89. The fraction of sp³-hybridized carbons (Fsp3) is 0.0667. The molecule has 5 N–H and O–H groups in total. The van der Waals surface area contributed by atoms with Crippen LogP contribution in [0.15, 0.2) is 36.4 Å². The summed E-state index contributed by atoms with van der Waals surface area (Å²) in [5, 5.41) is 12.3. The molecule has 0 radical (unpaired) electrons. The van der Waals surface area contributed by atoms with Crippen molar-refractivity contribution in [2.24, 2.45) is 0 Å². The molecule has 1 aromatic heterocycles. The number of nitrogens with two attached hydrogens (primary N) is 1. The minimum atomic E-state index is -0.504. The van der Waals surface area contributed by atoms with Crippen molar-refractivity contribution in [3.05, 3.63) is 42.0 Å². The molecular formula is C15H14N4O3. The van der Waals surface area contributed by atoms with Crippen molar-refractivity contribution < 1.29 is 14.6 Å². The molecule has 0 saturated carbocycles. The van der Waals surface area contributed by atoms with Crippen molar-refractivity contribution in [3.63, 3.8) is 0 Å². The van der Waals surface area contributed by atoms with Crippen molar-refractivity contribution in [3.8, 4) is 11.5 Å². The van der Waals surface area contributed by atoms with Crippen LogP contribution in [0.5, 0.6) is 11.5 Å². The van der Waals surface area contributed by atoms with Gasteiger partial charge in [-0.15, -0.1) is 0 Å². The van der Waals surface area contributed by atoms with Crippen LogP contribution in [0.1, 0.15) is 10.4 Å². The summed E-state index contributed by atoms with van der Waals surface area (Å²) < 4.78 is 5.13. The van der Waals surface area contributed by atoms with Gasteiger partial charge in [-0.3, -0.25) is 10.1 Å². The molecule has 1 heterocycles. The lowest BCUT2D eigenvalue weighted by atomic mass is 10.1. The Hall–Kier alpha value is -3.22. The average molecular weight is 298 g/mol. The highest BCUT2D eigenvalue weighted by molar-refractivity contribution is 6.06. The molecule has 0 aliphatic carbocycles. The Labute approximate surface area is 125 Å². The maximum atomic E-state index is 12.2.